The van der Waals surface area contributed by atoms with Gasteiger partial charge in [-0.2, -0.15) is 0 Å². The molecule has 1 nitrogen and oxygen atoms in total. The zero-order valence-electron chi connectivity index (χ0n) is 17.8. The maximum absolute atomic E-state index is 6.98. The fraction of sp³-hybridized carbons (Fsp3) is 0.917. The Bertz CT molecular complexity index is 520. The van der Waals surface area contributed by atoms with Gasteiger partial charge in [0.25, 0.3) is 0 Å². The molecule has 3 aliphatic carbocycles. The fourth-order valence-corrected chi connectivity index (χ4v) is 7.78. The van der Waals surface area contributed by atoms with E-state index in [2.05, 4.69) is 48.1 Å². The average molecular weight is 346 g/mol. The van der Waals surface area contributed by atoms with Crippen molar-refractivity contribution in [2.75, 3.05) is 0 Å². The van der Waals surface area contributed by atoms with E-state index in [9.17, 15) is 0 Å². The van der Waals surface area contributed by atoms with E-state index in [0.29, 0.717) is 22.7 Å². The second-order valence-electron chi connectivity index (χ2n) is 10.9. The van der Waals surface area contributed by atoms with E-state index < -0.39 is 0 Å². The van der Waals surface area contributed by atoms with Gasteiger partial charge in [-0.05, 0) is 92.3 Å². The summed E-state index contributed by atoms with van der Waals surface area (Å²) in [5.74, 6) is 3.87. The Labute approximate surface area is 157 Å². The van der Waals surface area contributed by atoms with E-state index in [1.165, 1.54) is 50.5 Å². The van der Waals surface area contributed by atoms with Crippen molar-refractivity contribution in [2.45, 2.75) is 98.4 Å². The minimum atomic E-state index is 0.0138. The molecule has 0 radical (unpaired) electrons. The monoisotopic (exact) mass is 345 g/mol. The Balaban J connectivity index is 1.95. The summed E-state index contributed by atoms with van der Waals surface area (Å²) in [4.78, 5) is 0. The summed E-state index contributed by atoms with van der Waals surface area (Å²) in [6.45, 7) is 19.2. The SMILES string of the molecule is C=C(CC)CC1C(C)CCC2C1(C)CCC1C(C)(N)C(C)CCC12C. The van der Waals surface area contributed by atoms with E-state index in [1.807, 2.05) is 0 Å². The first-order chi connectivity index (χ1) is 11.6. The second-order valence-corrected chi connectivity index (χ2v) is 10.9. The van der Waals surface area contributed by atoms with Crippen molar-refractivity contribution in [1.29, 1.82) is 0 Å². The van der Waals surface area contributed by atoms with Crippen LogP contribution >= 0.6 is 0 Å². The van der Waals surface area contributed by atoms with Crippen LogP contribution in [0.25, 0.3) is 0 Å². The van der Waals surface area contributed by atoms with Crippen molar-refractivity contribution < 1.29 is 0 Å². The molecule has 0 amide bonds. The molecule has 8 atom stereocenters. The van der Waals surface area contributed by atoms with Gasteiger partial charge >= 0.3 is 0 Å². The van der Waals surface area contributed by atoms with Crippen molar-refractivity contribution in [3.8, 4) is 0 Å². The standard InChI is InChI=1S/C24H43N/c1-8-16(2)15-19-17(3)9-10-20-22(19,5)14-12-21-23(20,6)13-11-18(4)24(21,7)25/h17-21H,2,8-15,25H2,1,3-7H3. The number of fused-ring (bicyclic) bond motifs is 3. The van der Waals surface area contributed by atoms with Crippen LogP contribution in [0.15, 0.2) is 12.2 Å². The third kappa shape index (κ3) is 2.84. The van der Waals surface area contributed by atoms with Crippen LogP contribution in [-0.4, -0.2) is 5.54 Å². The smallest absolute Gasteiger partial charge is 0.0185 e. The maximum atomic E-state index is 6.98. The predicted octanol–water partition coefficient (Wildman–Crippen LogP) is 6.57. The first-order valence-electron chi connectivity index (χ1n) is 11.0. The average Bonchev–Trinajstić information content (AvgIpc) is 2.54. The van der Waals surface area contributed by atoms with Crippen LogP contribution in [0.4, 0.5) is 0 Å². The minimum Gasteiger partial charge on any atom is -0.325 e. The lowest BCUT2D eigenvalue weighted by atomic mass is 9.38. The van der Waals surface area contributed by atoms with Crippen LogP contribution in [0.1, 0.15) is 92.9 Å². The van der Waals surface area contributed by atoms with Crippen LogP contribution in [0, 0.1) is 40.4 Å². The molecular formula is C24H43N. The molecule has 2 N–H and O–H groups in total. The Morgan fingerprint density at radius 1 is 0.960 bits per heavy atom. The number of allylic oxidation sites excluding steroid dienone is 1. The third-order valence-electron chi connectivity index (χ3n) is 9.74. The molecule has 0 aromatic heterocycles. The molecular weight excluding hydrogens is 302 g/mol. The minimum absolute atomic E-state index is 0.0138. The predicted molar refractivity (Wildman–Crippen MR) is 109 cm³/mol. The molecule has 8 unspecified atom stereocenters. The molecule has 0 aliphatic heterocycles. The summed E-state index contributed by atoms with van der Waals surface area (Å²) in [6.07, 6.45) is 10.6. The van der Waals surface area contributed by atoms with Gasteiger partial charge in [0.05, 0.1) is 0 Å². The molecule has 0 bridgehead atoms. The normalized spacial score (nSPS) is 53.0. The van der Waals surface area contributed by atoms with Gasteiger partial charge in [0, 0.05) is 5.54 Å². The van der Waals surface area contributed by atoms with Crippen LogP contribution in [-0.2, 0) is 0 Å². The van der Waals surface area contributed by atoms with Gasteiger partial charge in [-0.1, -0.05) is 53.2 Å². The van der Waals surface area contributed by atoms with Crippen LogP contribution in [0.5, 0.6) is 0 Å². The molecule has 25 heavy (non-hydrogen) atoms. The lowest BCUT2D eigenvalue weighted by Gasteiger charge is -2.67. The van der Waals surface area contributed by atoms with Gasteiger partial charge < -0.3 is 5.73 Å². The Morgan fingerprint density at radius 2 is 1.60 bits per heavy atom. The molecule has 144 valence electrons. The number of rotatable bonds is 3. The number of hydrogen-bond donors (Lipinski definition) is 1. The van der Waals surface area contributed by atoms with E-state index in [1.54, 1.807) is 0 Å². The van der Waals surface area contributed by atoms with E-state index in [4.69, 9.17) is 5.73 Å². The number of nitrogens with two attached hydrogens (primary N) is 1. The summed E-state index contributed by atoms with van der Waals surface area (Å²) in [7, 11) is 0. The molecule has 0 aromatic carbocycles. The van der Waals surface area contributed by atoms with E-state index in [0.717, 1.165) is 24.2 Å². The van der Waals surface area contributed by atoms with Crippen LogP contribution in [0.2, 0.25) is 0 Å². The van der Waals surface area contributed by atoms with Gasteiger partial charge in [-0.25, -0.2) is 0 Å². The topological polar surface area (TPSA) is 26.0 Å². The maximum Gasteiger partial charge on any atom is 0.0185 e. The van der Waals surface area contributed by atoms with Gasteiger partial charge in [0.2, 0.25) is 0 Å². The highest BCUT2D eigenvalue weighted by Crippen LogP contribution is 2.68. The van der Waals surface area contributed by atoms with Crippen LogP contribution < -0.4 is 5.73 Å². The summed E-state index contributed by atoms with van der Waals surface area (Å²) >= 11 is 0. The van der Waals surface area contributed by atoms with Crippen molar-refractivity contribution in [1.82, 2.24) is 0 Å². The largest absolute Gasteiger partial charge is 0.325 e. The van der Waals surface area contributed by atoms with Crippen molar-refractivity contribution >= 4 is 0 Å². The van der Waals surface area contributed by atoms with Crippen molar-refractivity contribution in [3.05, 3.63) is 12.2 Å². The fourth-order valence-electron chi connectivity index (χ4n) is 7.78. The molecule has 3 rings (SSSR count). The molecule has 3 saturated carbocycles. The Kier molecular flexibility index (Phi) is 4.98. The number of hydrogen-bond acceptors (Lipinski definition) is 1. The third-order valence-corrected chi connectivity index (χ3v) is 9.74. The molecule has 0 heterocycles. The highest BCUT2D eigenvalue weighted by atomic mass is 14.8. The second kappa shape index (κ2) is 6.39. The Morgan fingerprint density at radius 3 is 2.24 bits per heavy atom. The highest BCUT2D eigenvalue weighted by molar-refractivity contribution is 5.15. The zero-order chi connectivity index (χ0) is 18.6. The lowest BCUT2D eigenvalue weighted by molar-refractivity contribution is -0.168. The first kappa shape index (κ1) is 19.5. The Hall–Kier alpha value is -0.300. The molecule has 0 saturated heterocycles. The summed E-state index contributed by atoms with van der Waals surface area (Å²) < 4.78 is 0. The lowest BCUT2D eigenvalue weighted by Crippen LogP contribution is -2.66. The van der Waals surface area contributed by atoms with Crippen molar-refractivity contribution in [3.63, 3.8) is 0 Å². The highest BCUT2D eigenvalue weighted by Gasteiger charge is 2.62. The zero-order valence-corrected chi connectivity index (χ0v) is 17.8. The van der Waals surface area contributed by atoms with Gasteiger partial charge in [0.1, 0.15) is 0 Å². The first-order valence-corrected chi connectivity index (χ1v) is 11.0. The molecule has 0 spiro atoms. The van der Waals surface area contributed by atoms with E-state index in [-0.39, 0.29) is 5.54 Å². The van der Waals surface area contributed by atoms with Crippen molar-refractivity contribution in [2.24, 2.45) is 46.2 Å². The van der Waals surface area contributed by atoms with Gasteiger partial charge in [-0.15, -0.1) is 0 Å². The van der Waals surface area contributed by atoms with Gasteiger partial charge in [0.15, 0.2) is 0 Å². The molecule has 3 aliphatic rings. The molecule has 1 heteroatoms. The van der Waals surface area contributed by atoms with E-state index >= 15 is 0 Å². The summed E-state index contributed by atoms with van der Waals surface area (Å²) in [5, 5.41) is 0. The van der Waals surface area contributed by atoms with Gasteiger partial charge in [-0.3, -0.25) is 0 Å². The molecule has 0 aromatic rings. The molecule has 3 fully saturated rings. The summed E-state index contributed by atoms with van der Waals surface area (Å²) in [5.41, 5.74) is 9.38. The van der Waals surface area contributed by atoms with Crippen LogP contribution in [0.3, 0.4) is 0 Å². The summed E-state index contributed by atoms with van der Waals surface area (Å²) in [6, 6.07) is 0. The quantitative estimate of drug-likeness (QED) is 0.575.